The van der Waals surface area contributed by atoms with E-state index in [2.05, 4.69) is 31.9 Å². The van der Waals surface area contributed by atoms with Gasteiger partial charge in [0.15, 0.2) is 11.5 Å². The van der Waals surface area contributed by atoms with Crippen molar-refractivity contribution < 1.29 is 88.3 Å². The van der Waals surface area contributed by atoms with Crippen LogP contribution >= 0.6 is 58.0 Å². The molecule has 0 bridgehead atoms. The molecule has 18 rings (SSSR count). The molecule has 148 heavy (non-hydrogen) atoms. The largest absolute Gasteiger partial charge is 0.493 e. The number of carbonyl (C=O) groups is 6. The molecule has 0 saturated heterocycles. The Labute approximate surface area is 873 Å². The molecular weight excluding hydrogens is 2000 g/mol. The SMILES string of the molecule is COc1ccccc1Oc1ccc(NC(=O)c2c(F)cccc2F)cc1.Cc1cccc(Oc2ccc(NC(=O)c3ccccc3Cl)cc2)c1.Cc1ccccc1Oc1ccc(NC(=O)c2c(F)cccc2F)cc1.Cc1ccccc1Oc1ccc(NC(=O)c2ccccc2Cl)cc1.O=C(Nc1ccc(Oc2ccccc2Cl)cc1)c1c(F)cccc1F.O=C(Nc1ccc(Oc2ccccc2Cl)cc1)c1ccccc1Cl. The van der Waals surface area contributed by atoms with Gasteiger partial charge >= 0.3 is 0 Å². The molecule has 0 heterocycles. The third-order valence-electron chi connectivity index (χ3n) is 20.9. The molecule has 6 amide bonds. The van der Waals surface area contributed by atoms with Gasteiger partial charge in [0.05, 0.1) is 48.9 Å². The number of amides is 6. The number of benzene rings is 18. The van der Waals surface area contributed by atoms with Gasteiger partial charge in [0.2, 0.25) is 0 Å². The first-order valence-corrected chi connectivity index (χ1v) is 46.9. The van der Waals surface area contributed by atoms with Crippen molar-refractivity contribution in [2.24, 2.45) is 0 Å². The topological polar surface area (TPSA) is 239 Å². The maximum absolute atomic E-state index is 13.6. The van der Waals surface area contributed by atoms with E-state index in [4.69, 9.17) is 91.2 Å². The molecule has 0 aliphatic heterocycles. The summed E-state index contributed by atoms with van der Waals surface area (Å²) in [6.07, 6.45) is 0. The van der Waals surface area contributed by atoms with E-state index in [1.165, 1.54) is 18.2 Å². The summed E-state index contributed by atoms with van der Waals surface area (Å²) in [5.74, 6) is -0.646. The molecule has 0 unspecified atom stereocenters. The summed E-state index contributed by atoms with van der Waals surface area (Å²) >= 11 is 30.2. The number of carbonyl (C=O) groups excluding carboxylic acids is 6. The van der Waals surface area contributed by atoms with Crippen molar-refractivity contribution in [1.29, 1.82) is 0 Å². The summed E-state index contributed by atoms with van der Waals surface area (Å²) < 4.78 is 121. The van der Waals surface area contributed by atoms with Crippen molar-refractivity contribution >= 4 is 128 Å². The van der Waals surface area contributed by atoms with Crippen molar-refractivity contribution in [2.75, 3.05) is 39.0 Å². The minimum atomic E-state index is -0.920. The molecule has 19 nitrogen and oxygen atoms in total. The summed E-state index contributed by atoms with van der Waals surface area (Å²) in [4.78, 5) is 72.8. The lowest BCUT2D eigenvalue weighted by atomic mass is 10.1. The maximum Gasteiger partial charge on any atom is 0.261 e. The summed E-state index contributed by atoms with van der Waals surface area (Å²) in [5, 5.41) is 18.1. The molecule has 0 aromatic heterocycles. The Morgan fingerprint density at radius 3 is 0.682 bits per heavy atom. The molecule has 0 fully saturated rings. The molecule has 18 aromatic rings. The van der Waals surface area contributed by atoms with Gasteiger partial charge in [-0.1, -0.05) is 198 Å². The Morgan fingerprint density at radius 2 is 0.419 bits per heavy atom. The van der Waals surface area contributed by atoms with Crippen molar-refractivity contribution in [3.05, 3.63) is 529 Å². The van der Waals surface area contributed by atoms with Crippen LogP contribution < -0.4 is 65.1 Å². The van der Waals surface area contributed by atoms with Crippen LogP contribution in [0, 0.1) is 55.7 Å². The van der Waals surface area contributed by atoms with Gasteiger partial charge in [-0.05, 0) is 317 Å². The van der Waals surface area contributed by atoms with Crippen LogP contribution in [0.4, 0.5) is 60.5 Å². The number of aryl methyl sites for hydroxylation is 3. The van der Waals surface area contributed by atoms with Gasteiger partial charge in [0.25, 0.3) is 35.4 Å². The second kappa shape index (κ2) is 53.7. The average Bonchev–Trinajstić information content (AvgIpc) is 0.828. The van der Waals surface area contributed by atoms with E-state index in [1.54, 1.807) is 250 Å². The normalized spacial score (nSPS) is 10.3. The minimum absolute atomic E-state index is 0.242. The number of para-hydroxylation sites is 6. The lowest BCUT2D eigenvalue weighted by molar-refractivity contribution is 0.101. The van der Waals surface area contributed by atoms with E-state index in [0.29, 0.717) is 133 Å². The maximum atomic E-state index is 13.6. The first kappa shape index (κ1) is 108. The zero-order valence-corrected chi connectivity index (χ0v) is 82.6. The van der Waals surface area contributed by atoms with Crippen molar-refractivity contribution in [3.63, 3.8) is 0 Å². The monoisotopic (exact) mass is 2080 g/mol. The third kappa shape index (κ3) is 31.7. The fourth-order valence-corrected chi connectivity index (χ4v) is 14.5. The van der Waals surface area contributed by atoms with Gasteiger partial charge in [-0.25, -0.2) is 26.3 Å². The number of rotatable bonds is 25. The van der Waals surface area contributed by atoms with Crippen molar-refractivity contribution in [2.45, 2.75) is 20.8 Å². The summed E-state index contributed by atoms with van der Waals surface area (Å²) in [7, 11) is 1.54. The first-order chi connectivity index (χ1) is 71.5. The number of hydrogen-bond donors (Lipinski definition) is 6. The quantitative estimate of drug-likeness (QED) is 0.0292. The highest BCUT2D eigenvalue weighted by molar-refractivity contribution is 6.36. The molecule has 0 aliphatic rings. The van der Waals surface area contributed by atoms with Crippen LogP contribution in [-0.4, -0.2) is 42.6 Å². The molecular formula is C118H87Cl5F6N6O13. The Kier molecular flexibility index (Phi) is 39.0. The molecule has 0 saturated carbocycles. The summed E-state index contributed by atoms with van der Waals surface area (Å²) in [6, 6.07) is 116. The lowest BCUT2D eigenvalue weighted by Crippen LogP contribution is -2.15. The van der Waals surface area contributed by atoms with Crippen LogP contribution in [0.15, 0.2) is 419 Å². The number of anilines is 6. The molecule has 744 valence electrons. The zero-order valence-electron chi connectivity index (χ0n) is 78.8. The molecule has 0 atom stereocenters. The predicted octanol–water partition coefficient (Wildman–Crippen LogP) is 33.4. The zero-order chi connectivity index (χ0) is 105. The standard InChI is InChI=1S/2C20H16ClNO2.C20H15F2NO3.C20H15F2NO2.C19H13Cl2NO2.C19H12ClF2NO2/c1-14-6-2-5-9-19(14)24-16-12-10-15(11-13-16)22-20(23)17-7-3-4-8-18(17)21;1-14-5-4-6-17(13-14)24-16-11-9-15(10-12-16)22-20(23)18-7-2-3-8-19(18)21;1-25-17-7-2-3-8-18(17)26-14-11-9-13(10-12-14)23-20(24)19-15(21)5-4-6-16(19)22;1-13-5-2-3-8-18(13)25-15-11-9-14(10-12-15)23-20(24)19-16(21)6-4-7-17(19)22;20-16-6-2-1-5-15(16)19(23)22-13-9-11-14(12-10-13)24-18-8-4-3-7-17(18)21;20-14-4-1-2-7-17(14)25-13-10-8-12(9-11-13)23-19(24)18-15(21)5-3-6-16(18)22/h2*2-13H,1H3,(H,22,23);2-12H,1H3,(H,23,24);2-12H,1H3,(H,23,24);1-12H,(H,22,23);1-11H,(H,23,24). The van der Waals surface area contributed by atoms with Crippen LogP contribution in [0.1, 0.15) is 78.8 Å². The van der Waals surface area contributed by atoms with E-state index >= 15 is 0 Å². The van der Waals surface area contributed by atoms with Gasteiger partial charge in [-0.2, -0.15) is 0 Å². The third-order valence-corrected chi connectivity index (χ3v) is 22.5. The minimum Gasteiger partial charge on any atom is -0.493 e. The van der Waals surface area contributed by atoms with Gasteiger partial charge in [0.1, 0.15) is 115 Å². The van der Waals surface area contributed by atoms with E-state index in [-0.39, 0.29) is 17.7 Å². The molecule has 30 heteroatoms. The van der Waals surface area contributed by atoms with Gasteiger partial charge in [0, 0.05) is 34.1 Å². The number of hydrogen-bond acceptors (Lipinski definition) is 13. The van der Waals surface area contributed by atoms with Crippen molar-refractivity contribution in [1.82, 2.24) is 0 Å². The molecule has 6 N–H and O–H groups in total. The van der Waals surface area contributed by atoms with E-state index in [0.717, 1.165) is 70.3 Å². The van der Waals surface area contributed by atoms with Crippen LogP contribution in [0.5, 0.6) is 74.7 Å². The Morgan fingerprint density at radius 1 is 0.203 bits per heavy atom. The second-order valence-corrected chi connectivity index (χ2v) is 33.6. The van der Waals surface area contributed by atoms with Crippen LogP contribution in [0.25, 0.3) is 0 Å². The van der Waals surface area contributed by atoms with E-state index in [9.17, 15) is 55.1 Å². The fourth-order valence-electron chi connectivity index (χ4n) is 13.4. The van der Waals surface area contributed by atoms with E-state index < -0.39 is 69.3 Å². The van der Waals surface area contributed by atoms with Gasteiger partial charge in [-0.15, -0.1) is 0 Å². The van der Waals surface area contributed by atoms with Crippen molar-refractivity contribution in [3.8, 4) is 74.7 Å². The highest BCUT2D eigenvalue weighted by atomic mass is 35.5. The number of halogens is 11. The van der Waals surface area contributed by atoms with Gasteiger partial charge in [-0.3, -0.25) is 28.8 Å². The lowest BCUT2D eigenvalue weighted by Gasteiger charge is -2.11. The highest BCUT2D eigenvalue weighted by Gasteiger charge is 2.23. The predicted molar refractivity (Wildman–Crippen MR) is 570 cm³/mol. The van der Waals surface area contributed by atoms with Crippen LogP contribution in [-0.2, 0) is 0 Å². The molecule has 0 radical (unpaired) electrons. The highest BCUT2D eigenvalue weighted by Crippen LogP contribution is 2.37. The number of methoxy groups -OCH3 is 1. The van der Waals surface area contributed by atoms with E-state index in [1.807, 2.05) is 142 Å². The number of ether oxygens (including phenoxy) is 7. The fraction of sp³-hybridized carbons (Fsp3) is 0.0339. The smallest absolute Gasteiger partial charge is 0.261 e. The summed E-state index contributed by atoms with van der Waals surface area (Å²) in [6.45, 7) is 5.95. The second-order valence-electron chi connectivity index (χ2n) is 31.6. The molecule has 0 aliphatic carbocycles. The average molecular weight is 2090 g/mol. The Hall–Kier alpha value is -17.6. The molecule has 18 aromatic carbocycles. The van der Waals surface area contributed by atoms with Gasteiger partial charge < -0.3 is 65.1 Å². The molecule has 0 spiro atoms. The van der Waals surface area contributed by atoms with Crippen LogP contribution in [0.3, 0.4) is 0 Å². The Bertz CT molecular complexity index is 7300. The Balaban J connectivity index is 0.000000148. The van der Waals surface area contributed by atoms with Crippen LogP contribution in [0.2, 0.25) is 25.1 Å². The summed E-state index contributed by atoms with van der Waals surface area (Å²) in [5.41, 5.74) is 5.81. The number of nitrogens with one attached hydrogen (secondary N) is 6. The first-order valence-electron chi connectivity index (χ1n) is 45.0.